The first kappa shape index (κ1) is 21.2. The van der Waals surface area contributed by atoms with Crippen molar-refractivity contribution in [2.24, 2.45) is 0 Å². The lowest BCUT2D eigenvalue weighted by molar-refractivity contribution is -0.140. The van der Waals surface area contributed by atoms with Gasteiger partial charge in [-0.1, -0.05) is 12.1 Å². The minimum Gasteiger partial charge on any atom is -0.327 e. The second-order valence-corrected chi connectivity index (χ2v) is 7.90. The van der Waals surface area contributed by atoms with E-state index in [1.807, 2.05) is 0 Å². The number of halogens is 1. The van der Waals surface area contributed by atoms with Crippen LogP contribution in [-0.4, -0.2) is 38.3 Å². The average molecular weight is 410 g/mol. The molecule has 2 amide bonds. The monoisotopic (exact) mass is 410 g/mol. The Morgan fingerprint density at radius 3 is 2.43 bits per heavy atom. The highest BCUT2D eigenvalue weighted by molar-refractivity contribution is 5.94. The summed E-state index contributed by atoms with van der Waals surface area (Å²) in [5.74, 6) is -1.22. The molecule has 0 aliphatic carbocycles. The average Bonchev–Trinajstić information content (AvgIpc) is 2.69. The summed E-state index contributed by atoms with van der Waals surface area (Å²) in [5, 5.41) is 3.07. The van der Waals surface area contributed by atoms with Crippen molar-refractivity contribution < 1.29 is 14.0 Å². The van der Waals surface area contributed by atoms with Gasteiger partial charge in [-0.25, -0.2) is 9.37 Å². The number of anilines is 1. The first-order valence-electron chi connectivity index (χ1n) is 9.45. The molecule has 0 aliphatic heterocycles. The molecule has 1 heterocycles. The molecular weight excluding hydrogens is 387 g/mol. The third kappa shape index (κ3) is 4.89. The minimum atomic E-state index is -0.662. The largest absolute Gasteiger partial charge is 0.327 e. The number of carbonyl (C=O) groups excluding carboxylic acids is 2. The Kier molecular flexibility index (Phi) is 5.96. The number of benzene rings is 2. The van der Waals surface area contributed by atoms with Crippen LogP contribution < -0.4 is 10.9 Å². The lowest BCUT2D eigenvalue weighted by Gasteiger charge is -2.35. The number of aromatic nitrogens is 2. The third-order valence-corrected chi connectivity index (χ3v) is 4.58. The summed E-state index contributed by atoms with van der Waals surface area (Å²) in [5.41, 5.74) is -0.000694. The predicted octanol–water partition coefficient (Wildman–Crippen LogP) is 2.80. The first-order valence-corrected chi connectivity index (χ1v) is 9.45. The highest BCUT2D eigenvalue weighted by Crippen LogP contribution is 2.15. The lowest BCUT2D eigenvalue weighted by atomic mass is 10.1. The number of hydrogen-bond donors (Lipinski definition) is 1. The van der Waals surface area contributed by atoms with Crippen LogP contribution in [0.5, 0.6) is 0 Å². The molecule has 0 atom stereocenters. The van der Waals surface area contributed by atoms with E-state index in [0.29, 0.717) is 16.6 Å². The summed E-state index contributed by atoms with van der Waals surface area (Å²) in [6.07, 6.45) is 1.34. The Hall–Kier alpha value is -3.55. The summed E-state index contributed by atoms with van der Waals surface area (Å²) in [6.45, 7) is 4.96. The molecule has 0 saturated carbocycles. The number of para-hydroxylation sites is 1. The molecule has 0 fully saturated rings. The van der Waals surface area contributed by atoms with Crippen molar-refractivity contribution in [3.05, 3.63) is 71.0 Å². The summed E-state index contributed by atoms with van der Waals surface area (Å²) in [4.78, 5) is 43.8. The number of amides is 2. The van der Waals surface area contributed by atoms with E-state index in [-0.39, 0.29) is 18.6 Å². The smallest absolute Gasteiger partial charge is 0.261 e. The Morgan fingerprint density at radius 2 is 1.77 bits per heavy atom. The molecule has 1 N–H and O–H groups in total. The van der Waals surface area contributed by atoms with Gasteiger partial charge < -0.3 is 10.2 Å². The molecule has 0 bridgehead atoms. The molecule has 0 spiro atoms. The Bertz CT molecular complexity index is 1130. The summed E-state index contributed by atoms with van der Waals surface area (Å²) in [7, 11) is 0. The number of hydrogen-bond acceptors (Lipinski definition) is 4. The number of carbonyl (C=O) groups is 2. The molecule has 1 aromatic heterocycles. The maximum Gasteiger partial charge on any atom is 0.261 e. The van der Waals surface area contributed by atoms with Gasteiger partial charge in [-0.2, -0.15) is 0 Å². The molecular formula is C22H23FN4O3. The Morgan fingerprint density at radius 1 is 1.10 bits per heavy atom. The van der Waals surface area contributed by atoms with Crippen molar-refractivity contribution in [2.75, 3.05) is 11.9 Å². The van der Waals surface area contributed by atoms with Crippen LogP contribution in [0.3, 0.4) is 0 Å². The number of nitrogens with zero attached hydrogens (tertiary/aromatic N) is 3. The fourth-order valence-electron chi connectivity index (χ4n) is 3.03. The van der Waals surface area contributed by atoms with Gasteiger partial charge in [-0.3, -0.25) is 19.0 Å². The van der Waals surface area contributed by atoms with Crippen molar-refractivity contribution in [3.63, 3.8) is 0 Å². The third-order valence-electron chi connectivity index (χ3n) is 4.58. The summed E-state index contributed by atoms with van der Waals surface area (Å²) >= 11 is 0. The standard InChI is InChI=1S/C22H23FN4O3/c1-22(2,3)27(12-19(28)25-16-10-8-15(23)9-11-16)20(29)13-26-14-24-18-7-5-4-6-17(18)21(26)30/h4-11,14H,12-13H2,1-3H3,(H,25,28). The van der Waals surface area contributed by atoms with Crippen molar-refractivity contribution in [2.45, 2.75) is 32.9 Å². The van der Waals surface area contributed by atoms with Crippen molar-refractivity contribution in [1.29, 1.82) is 0 Å². The molecule has 30 heavy (non-hydrogen) atoms. The van der Waals surface area contributed by atoms with E-state index in [1.165, 1.54) is 40.1 Å². The summed E-state index contributed by atoms with van der Waals surface area (Å²) in [6, 6.07) is 12.3. The van der Waals surface area contributed by atoms with E-state index in [4.69, 9.17) is 0 Å². The topological polar surface area (TPSA) is 84.3 Å². The molecule has 2 aromatic carbocycles. The molecule has 7 nitrogen and oxygen atoms in total. The second-order valence-electron chi connectivity index (χ2n) is 7.90. The van der Waals surface area contributed by atoms with Crippen LogP contribution in [0.2, 0.25) is 0 Å². The number of rotatable bonds is 5. The van der Waals surface area contributed by atoms with Crippen LogP contribution in [-0.2, 0) is 16.1 Å². The van der Waals surface area contributed by atoms with Crippen LogP contribution >= 0.6 is 0 Å². The molecule has 0 saturated heterocycles. The van der Waals surface area contributed by atoms with Crippen molar-refractivity contribution in [3.8, 4) is 0 Å². The Labute approximate surface area is 173 Å². The fourth-order valence-corrected chi connectivity index (χ4v) is 3.03. The molecule has 0 unspecified atom stereocenters. The Balaban J connectivity index is 1.77. The predicted molar refractivity (Wildman–Crippen MR) is 112 cm³/mol. The molecule has 156 valence electrons. The highest BCUT2D eigenvalue weighted by Gasteiger charge is 2.29. The van der Waals surface area contributed by atoms with Gasteiger partial charge in [0.05, 0.1) is 17.2 Å². The van der Waals surface area contributed by atoms with Gasteiger partial charge in [0.1, 0.15) is 18.9 Å². The van der Waals surface area contributed by atoms with Gasteiger partial charge >= 0.3 is 0 Å². The van der Waals surface area contributed by atoms with E-state index in [0.717, 1.165) is 0 Å². The quantitative estimate of drug-likeness (QED) is 0.701. The molecule has 8 heteroatoms. The zero-order valence-corrected chi connectivity index (χ0v) is 17.1. The van der Waals surface area contributed by atoms with E-state index < -0.39 is 23.2 Å². The first-order chi connectivity index (χ1) is 14.1. The van der Waals surface area contributed by atoms with Gasteiger partial charge in [0.25, 0.3) is 5.56 Å². The van der Waals surface area contributed by atoms with Crippen LogP contribution in [0.1, 0.15) is 20.8 Å². The van der Waals surface area contributed by atoms with Gasteiger partial charge in [0, 0.05) is 11.2 Å². The van der Waals surface area contributed by atoms with Gasteiger partial charge in [0.2, 0.25) is 11.8 Å². The van der Waals surface area contributed by atoms with Crippen LogP contribution in [0.25, 0.3) is 10.9 Å². The molecule has 3 rings (SSSR count). The molecule has 0 radical (unpaired) electrons. The van der Waals surface area contributed by atoms with Crippen molar-refractivity contribution in [1.82, 2.24) is 14.5 Å². The number of nitrogens with one attached hydrogen (secondary N) is 1. The zero-order valence-electron chi connectivity index (χ0n) is 17.1. The lowest BCUT2D eigenvalue weighted by Crippen LogP contribution is -2.51. The maximum atomic E-state index is 13.0. The fraction of sp³-hybridized carbons (Fsp3) is 0.273. The van der Waals surface area contributed by atoms with E-state index in [1.54, 1.807) is 45.0 Å². The molecule has 0 aliphatic rings. The maximum absolute atomic E-state index is 13.0. The van der Waals surface area contributed by atoms with Gasteiger partial charge in [-0.05, 0) is 57.2 Å². The van der Waals surface area contributed by atoms with Crippen molar-refractivity contribution >= 4 is 28.4 Å². The normalized spacial score (nSPS) is 11.3. The highest BCUT2D eigenvalue weighted by atomic mass is 19.1. The SMILES string of the molecule is CC(C)(C)N(CC(=O)Nc1ccc(F)cc1)C(=O)Cn1cnc2ccccc2c1=O. The van der Waals surface area contributed by atoms with E-state index >= 15 is 0 Å². The minimum absolute atomic E-state index is 0.213. The summed E-state index contributed by atoms with van der Waals surface area (Å²) < 4.78 is 14.3. The van der Waals surface area contributed by atoms with Crippen LogP contribution in [0, 0.1) is 5.82 Å². The van der Waals surface area contributed by atoms with Gasteiger partial charge in [0.15, 0.2) is 0 Å². The van der Waals surface area contributed by atoms with E-state index in [9.17, 15) is 18.8 Å². The van der Waals surface area contributed by atoms with Crippen LogP contribution in [0.4, 0.5) is 10.1 Å². The zero-order chi connectivity index (χ0) is 21.9. The second kappa shape index (κ2) is 8.44. The van der Waals surface area contributed by atoms with Gasteiger partial charge in [-0.15, -0.1) is 0 Å². The number of fused-ring (bicyclic) bond motifs is 1. The van der Waals surface area contributed by atoms with E-state index in [2.05, 4.69) is 10.3 Å². The molecule has 3 aromatic rings. The van der Waals surface area contributed by atoms with Crippen LogP contribution in [0.15, 0.2) is 59.7 Å².